The molecular formula is C19H22F5N7O4S2. The van der Waals surface area contributed by atoms with Crippen LogP contribution in [-0.2, 0) is 21.2 Å². The number of benzene rings is 1. The van der Waals surface area contributed by atoms with Crippen LogP contribution in [0.3, 0.4) is 0 Å². The maximum atomic E-state index is 13.8. The first-order valence-corrected chi connectivity index (χ1v) is 12.8. The maximum Gasteiger partial charge on any atom is 0.471 e. The van der Waals surface area contributed by atoms with Crippen LogP contribution in [0.4, 0.5) is 44.1 Å². The summed E-state index contributed by atoms with van der Waals surface area (Å²) in [6.07, 6.45) is -5.40. The topological polar surface area (TPSA) is 129 Å². The summed E-state index contributed by atoms with van der Waals surface area (Å²) in [7, 11) is -1.02. The van der Waals surface area contributed by atoms with Crippen molar-refractivity contribution in [1.82, 2.24) is 15.1 Å². The zero-order valence-electron chi connectivity index (χ0n) is 19.9. The Hall–Kier alpha value is -2.99. The maximum absolute atomic E-state index is 13.8. The Labute approximate surface area is 212 Å². The number of rotatable bonds is 8. The van der Waals surface area contributed by atoms with Gasteiger partial charge >= 0.3 is 27.4 Å². The van der Waals surface area contributed by atoms with E-state index in [-0.39, 0.29) is 28.6 Å². The number of hydrogen-bond donors (Lipinski definition) is 1. The van der Waals surface area contributed by atoms with Gasteiger partial charge in [0.05, 0.1) is 18.5 Å². The second-order valence-corrected chi connectivity index (χ2v) is 10.7. The largest absolute Gasteiger partial charge is 0.471 e. The molecule has 11 nitrogen and oxygen atoms in total. The van der Waals surface area contributed by atoms with Crippen molar-refractivity contribution in [3.63, 3.8) is 0 Å². The molecule has 0 spiro atoms. The molecule has 0 fully saturated rings. The van der Waals surface area contributed by atoms with E-state index in [9.17, 15) is 35.2 Å². The Morgan fingerprint density at radius 2 is 1.92 bits per heavy atom. The lowest BCUT2D eigenvalue weighted by Crippen LogP contribution is -2.47. The number of azo groups is 1. The first kappa shape index (κ1) is 28.6. The predicted molar refractivity (Wildman–Crippen MR) is 124 cm³/mol. The van der Waals surface area contributed by atoms with E-state index < -0.39 is 33.1 Å². The highest BCUT2D eigenvalue weighted by atomic mass is 32.2. The number of hydrogen-bond acceptors (Lipinski definition) is 11. The van der Waals surface area contributed by atoms with Crippen LogP contribution in [-0.4, -0.2) is 74.8 Å². The van der Waals surface area contributed by atoms with Crippen molar-refractivity contribution in [3.05, 3.63) is 22.7 Å². The summed E-state index contributed by atoms with van der Waals surface area (Å²) in [6, 6.07) is 2.45. The lowest BCUT2D eigenvalue weighted by molar-refractivity contribution is -0.241. The molecule has 1 N–H and O–H groups in total. The summed E-state index contributed by atoms with van der Waals surface area (Å²) >= 11 is 0.681. The van der Waals surface area contributed by atoms with E-state index in [4.69, 9.17) is 4.74 Å². The number of anilines is 2. The molecule has 1 aromatic carbocycles. The number of ether oxygens (including phenoxy) is 1. The molecule has 0 saturated carbocycles. The first-order chi connectivity index (χ1) is 17.1. The summed E-state index contributed by atoms with van der Waals surface area (Å²) in [6.45, 7) is 1.66. The minimum atomic E-state index is -6.36. The predicted octanol–water partition coefficient (Wildman–Crippen LogP) is 4.30. The van der Waals surface area contributed by atoms with Crippen molar-refractivity contribution < 1.29 is 39.9 Å². The Morgan fingerprint density at radius 1 is 1.24 bits per heavy atom. The zero-order valence-corrected chi connectivity index (χ0v) is 21.5. The molecule has 204 valence electrons. The molecule has 0 aliphatic carbocycles. The minimum absolute atomic E-state index is 0.0829. The number of halogens is 5. The Balaban J connectivity index is 2.06. The monoisotopic (exact) mass is 571 g/mol. The van der Waals surface area contributed by atoms with Crippen LogP contribution in [0.1, 0.15) is 28.7 Å². The first-order valence-electron chi connectivity index (χ1n) is 10.5. The molecular weight excluding hydrogens is 549 g/mol. The summed E-state index contributed by atoms with van der Waals surface area (Å²) in [4.78, 5) is 15.4. The van der Waals surface area contributed by atoms with Gasteiger partial charge in [-0.2, -0.15) is 30.4 Å². The standard InChI is InChI=1S/C19H22F5N7O4S2/c1-5-35-16(32)15-26-28-17(36-15)27-25-11-8-10-6-7-14(30(2)3)31(4)13(10)9-12(11)29-37(33,34)19(23,24)18(20,21)22/h8-9,14,29H,5-7H2,1-4H3. The Bertz CT molecular complexity index is 1300. The molecule has 1 unspecified atom stereocenters. The van der Waals surface area contributed by atoms with Gasteiger partial charge in [0.1, 0.15) is 5.69 Å². The summed E-state index contributed by atoms with van der Waals surface area (Å²) in [5.74, 6) is -0.767. The summed E-state index contributed by atoms with van der Waals surface area (Å²) < 4.78 is 96.4. The molecule has 18 heteroatoms. The van der Waals surface area contributed by atoms with Gasteiger partial charge in [-0.3, -0.25) is 9.62 Å². The van der Waals surface area contributed by atoms with Gasteiger partial charge in [0.25, 0.3) is 5.13 Å². The second kappa shape index (κ2) is 10.4. The number of carbonyl (C=O) groups excluding carboxylic acids is 1. The Morgan fingerprint density at radius 3 is 2.51 bits per heavy atom. The summed E-state index contributed by atoms with van der Waals surface area (Å²) in [5.41, 5.74) is 0.0275. The van der Waals surface area contributed by atoms with Crippen molar-refractivity contribution in [1.29, 1.82) is 0 Å². The van der Waals surface area contributed by atoms with Crippen molar-refractivity contribution in [3.8, 4) is 0 Å². The molecule has 2 aromatic rings. The second-order valence-electron chi connectivity index (χ2n) is 8.02. The number of fused-ring (bicyclic) bond motifs is 1. The van der Waals surface area contributed by atoms with Gasteiger partial charge in [0, 0.05) is 12.7 Å². The highest BCUT2D eigenvalue weighted by Crippen LogP contribution is 2.44. The third kappa shape index (κ3) is 5.80. The van der Waals surface area contributed by atoms with Gasteiger partial charge in [0.15, 0.2) is 0 Å². The SMILES string of the molecule is CCOC(=O)c1nnc(N=Nc2cc3c(cc2NS(=O)(=O)C(F)(F)C(F)(F)F)N(C)C(N(C)C)CC3)s1. The van der Waals surface area contributed by atoms with Crippen LogP contribution in [0.25, 0.3) is 0 Å². The molecule has 2 heterocycles. The average Bonchev–Trinajstić information content (AvgIpc) is 3.26. The molecule has 0 radical (unpaired) electrons. The quantitative estimate of drug-likeness (QED) is 0.282. The van der Waals surface area contributed by atoms with Gasteiger partial charge in [-0.1, -0.05) is 11.3 Å². The number of aromatic nitrogens is 2. The van der Waals surface area contributed by atoms with E-state index in [0.29, 0.717) is 35.4 Å². The molecule has 1 atom stereocenters. The van der Waals surface area contributed by atoms with Crippen molar-refractivity contribution >= 4 is 49.5 Å². The van der Waals surface area contributed by atoms with Crippen molar-refractivity contribution in [2.75, 3.05) is 37.4 Å². The number of alkyl halides is 5. The van der Waals surface area contributed by atoms with Gasteiger partial charge in [0.2, 0.25) is 5.01 Å². The molecule has 0 saturated heterocycles. The van der Waals surface area contributed by atoms with E-state index in [1.165, 1.54) is 10.8 Å². The third-order valence-electron chi connectivity index (χ3n) is 5.31. The zero-order chi connectivity index (χ0) is 27.8. The molecule has 3 rings (SSSR count). The lowest BCUT2D eigenvalue weighted by atomic mass is 9.98. The number of carbonyl (C=O) groups is 1. The van der Waals surface area contributed by atoms with Gasteiger partial charge in [-0.05, 0) is 51.6 Å². The van der Waals surface area contributed by atoms with Crippen LogP contribution in [0.2, 0.25) is 0 Å². The molecule has 1 aromatic heterocycles. The van der Waals surface area contributed by atoms with E-state index in [0.717, 1.165) is 6.07 Å². The number of esters is 1. The fourth-order valence-electron chi connectivity index (χ4n) is 3.55. The van der Waals surface area contributed by atoms with Crippen LogP contribution in [0, 0.1) is 0 Å². The van der Waals surface area contributed by atoms with E-state index in [1.807, 2.05) is 4.90 Å². The van der Waals surface area contributed by atoms with Crippen molar-refractivity contribution in [2.24, 2.45) is 10.2 Å². The summed E-state index contributed by atoms with van der Waals surface area (Å²) in [5, 5.41) is 8.37. The van der Waals surface area contributed by atoms with E-state index >= 15 is 0 Å². The fourth-order valence-corrected chi connectivity index (χ4v) is 4.99. The smallest absolute Gasteiger partial charge is 0.461 e. The number of aryl methyl sites for hydroxylation is 1. The number of nitrogens with zero attached hydrogens (tertiary/aromatic N) is 6. The minimum Gasteiger partial charge on any atom is -0.461 e. The van der Waals surface area contributed by atoms with Crippen LogP contribution >= 0.6 is 11.3 Å². The molecule has 0 bridgehead atoms. The molecule has 37 heavy (non-hydrogen) atoms. The average molecular weight is 572 g/mol. The molecule has 1 aliphatic heterocycles. The van der Waals surface area contributed by atoms with Crippen LogP contribution < -0.4 is 9.62 Å². The lowest BCUT2D eigenvalue weighted by Gasteiger charge is -2.40. The molecule has 0 amide bonds. The highest BCUT2D eigenvalue weighted by molar-refractivity contribution is 7.93. The van der Waals surface area contributed by atoms with Gasteiger partial charge in [-0.25, -0.2) is 4.79 Å². The normalized spacial score (nSPS) is 16.8. The highest BCUT2D eigenvalue weighted by Gasteiger charge is 2.67. The van der Waals surface area contributed by atoms with Gasteiger partial charge < -0.3 is 9.64 Å². The van der Waals surface area contributed by atoms with E-state index in [1.54, 1.807) is 33.0 Å². The van der Waals surface area contributed by atoms with Gasteiger partial charge in [-0.15, -0.1) is 20.4 Å². The van der Waals surface area contributed by atoms with E-state index in [2.05, 4.69) is 20.4 Å². The number of nitrogens with one attached hydrogen (secondary N) is 1. The van der Waals surface area contributed by atoms with Crippen LogP contribution in [0.5, 0.6) is 0 Å². The van der Waals surface area contributed by atoms with Crippen LogP contribution in [0.15, 0.2) is 22.4 Å². The van der Waals surface area contributed by atoms with Crippen molar-refractivity contribution in [2.45, 2.75) is 37.4 Å². The molecule has 1 aliphatic rings. The number of sulfonamides is 1. The fraction of sp³-hybridized carbons (Fsp3) is 0.526. The Kier molecular flexibility index (Phi) is 8.04. The third-order valence-corrected chi connectivity index (χ3v) is 7.49.